The Hall–Kier alpha value is -3.82. The fraction of sp³-hybridized carbons (Fsp3) is 0.0667. The summed E-state index contributed by atoms with van der Waals surface area (Å²) in [6.07, 6.45) is 0. The first-order valence-corrected chi connectivity index (χ1v) is 6.82. The molecule has 2 rings (SSSR count). The average Bonchev–Trinajstić information content (AvgIpc) is 2.60. The van der Waals surface area contributed by atoms with E-state index in [-0.39, 0.29) is 0 Å². The number of rotatable bonds is 6. The van der Waals surface area contributed by atoms with Crippen LogP contribution in [0, 0.1) is 20.2 Å². The normalized spacial score (nSPS) is 9.92. The number of benzene rings is 2. The zero-order valence-electron chi connectivity index (χ0n) is 12.6. The average molecular weight is 345 g/mol. The Balaban J connectivity index is 2.06. The molecule has 128 valence electrons. The van der Waals surface area contributed by atoms with Crippen LogP contribution in [-0.4, -0.2) is 28.3 Å². The third-order valence-corrected chi connectivity index (χ3v) is 2.95. The first-order valence-electron chi connectivity index (χ1n) is 6.82. The Labute approximate surface area is 140 Å². The van der Waals surface area contributed by atoms with Crippen LogP contribution in [0.15, 0.2) is 48.5 Å². The SMILES string of the molecule is O=C(COC(=O)c1cc([N+](=O)[O-])cc([N+](=O)[O-])c1)Nc1ccccc1. The van der Waals surface area contributed by atoms with Crippen molar-refractivity contribution in [1.82, 2.24) is 0 Å². The lowest BCUT2D eigenvalue weighted by molar-refractivity contribution is -0.394. The summed E-state index contributed by atoms with van der Waals surface area (Å²) >= 11 is 0. The van der Waals surface area contributed by atoms with Gasteiger partial charge in [0.2, 0.25) is 0 Å². The number of nitro benzene ring substituents is 2. The van der Waals surface area contributed by atoms with E-state index >= 15 is 0 Å². The van der Waals surface area contributed by atoms with E-state index in [0.717, 1.165) is 18.2 Å². The lowest BCUT2D eigenvalue weighted by Gasteiger charge is -2.06. The molecule has 0 atom stereocenters. The number of nitrogens with one attached hydrogen (secondary N) is 1. The number of nitro groups is 2. The molecule has 0 aliphatic carbocycles. The van der Waals surface area contributed by atoms with Gasteiger partial charge in [-0.2, -0.15) is 0 Å². The molecule has 2 aromatic carbocycles. The second-order valence-corrected chi connectivity index (χ2v) is 4.74. The second kappa shape index (κ2) is 7.64. The predicted molar refractivity (Wildman–Crippen MR) is 85.1 cm³/mol. The molecule has 0 heterocycles. The van der Waals surface area contributed by atoms with Crippen molar-refractivity contribution in [1.29, 1.82) is 0 Å². The summed E-state index contributed by atoms with van der Waals surface area (Å²) in [5.74, 6) is -1.71. The lowest BCUT2D eigenvalue weighted by atomic mass is 10.2. The standard InChI is InChI=1S/C15H11N3O7/c19-14(16-11-4-2-1-3-5-11)9-25-15(20)10-6-12(17(21)22)8-13(7-10)18(23)24/h1-8H,9H2,(H,16,19). The molecule has 10 nitrogen and oxygen atoms in total. The number of hydrogen-bond donors (Lipinski definition) is 1. The van der Waals surface area contributed by atoms with Gasteiger partial charge in [-0.25, -0.2) is 4.79 Å². The van der Waals surface area contributed by atoms with Crippen LogP contribution >= 0.6 is 0 Å². The van der Waals surface area contributed by atoms with E-state index in [0.29, 0.717) is 5.69 Å². The molecule has 0 aliphatic rings. The third-order valence-electron chi connectivity index (χ3n) is 2.95. The molecule has 0 saturated heterocycles. The van der Waals surface area contributed by atoms with E-state index in [4.69, 9.17) is 4.74 Å². The highest BCUT2D eigenvalue weighted by atomic mass is 16.6. The molecule has 0 saturated carbocycles. The number of non-ortho nitro benzene ring substituents is 2. The summed E-state index contributed by atoms with van der Waals surface area (Å²) in [5, 5.41) is 24.0. The van der Waals surface area contributed by atoms with Crippen molar-refractivity contribution in [2.75, 3.05) is 11.9 Å². The highest BCUT2D eigenvalue weighted by Crippen LogP contribution is 2.23. The molecule has 0 radical (unpaired) electrons. The fourth-order valence-corrected chi connectivity index (χ4v) is 1.86. The zero-order valence-corrected chi connectivity index (χ0v) is 12.6. The number of anilines is 1. The van der Waals surface area contributed by atoms with Crippen LogP contribution in [0.1, 0.15) is 10.4 Å². The van der Waals surface area contributed by atoms with Crippen LogP contribution in [0.25, 0.3) is 0 Å². The van der Waals surface area contributed by atoms with Crippen LogP contribution < -0.4 is 5.32 Å². The maximum Gasteiger partial charge on any atom is 0.339 e. The van der Waals surface area contributed by atoms with Crippen molar-refractivity contribution in [2.45, 2.75) is 0 Å². The summed E-state index contributed by atoms with van der Waals surface area (Å²) in [6.45, 7) is -0.649. The van der Waals surface area contributed by atoms with E-state index < -0.39 is 45.3 Å². The molecule has 2 aromatic rings. The van der Waals surface area contributed by atoms with Crippen LogP contribution in [0.3, 0.4) is 0 Å². The molecule has 0 aliphatic heterocycles. The molecule has 0 spiro atoms. The number of amides is 1. The first kappa shape index (κ1) is 17.5. The van der Waals surface area contributed by atoms with E-state index in [2.05, 4.69) is 5.32 Å². The van der Waals surface area contributed by atoms with E-state index in [1.54, 1.807) is 30.3 Å². The van der Waals surface area contributed by atoms with Gasteiger partial charge in [-0.05, 0) is 12.1 Å². The van der Waals surface area contributed by atoms with Gasteiger partial charge in [-0.3, -0.25) is 25.0 Å². The van der Waals surface area contributed by atoms with Crippen molar-refractivity contribution in [3.8, 4) is 0 Å². The van der Waals surface area contributed by atoms with Crippen LogP contribution in [0.2, 0.25) is 0 Å². The molecule has 0 bridgehead atoms. The van der Waals surface area contributed by atoms with Gasteiger partial charge >= 0.3 is 5.97 Å². The van der Waals surface area contributed by atoms with E-state index in [1.807, 2.05) is 0 Å². The number of nitrogens with zero attached hydrogens (tertiary/aromatic N) is 2. The smallest absolute Gasteiger partial charge is 0.339 e. The number of carbonyl (C=O) groups is 2. The number of hydrogen-bond acceptors (Lipinski definition) is 7. The quantitative estimate of drug-likeness (QED) is 0.481. The molecule has 0 aromatic heterocycles. The van der Waals surface area contributed by atoms with Gasteiger partial charge in [0.1, 0.15) is 0 Å². The van der Waals surface area contributed by atoms with Gasteiger partial charge in [0, 0.05) is 17.8 Å². The van der Waals surface area contributed by atoms with Crippen molar-refractivity contribution in [3.63, 3.8) is 0 Å². The fourth-order valence-electron chi connectivity index (χ4n) is 1.86. The number of para-hydroxylation sites is 1. The summed E-state index contributed by atoms with van der Waals surface area (Å²) in [7, 11) is 0. The first-order chi connectivity index (χ1) is 11.9. The van der Waals surface area contributed by atoms with Crippen molar-refractivity contribution >= 4 is 28.9 Å². The lowest BCUT2D eigenvalue weighted by Crippen LogP contribution is -2.21. The third kappa shape index (κ3) is 4.82. The molecule has 0 unspecified atom stereocenters. The maximum absolute atomic E-state index is 11.9. The Bertz CT molecular complexity index is 804. The van der Waals surface area contributed by atoms with Crippen LogP contribution in [0.5, 0.6) is 0 Å². The topological polar surface area (TPSA) is 142 Å². The molecule has 1 amide bonds. The van der Waals surface area contributed by atoms with Gasteiger partial charge in [0.25, 0.3) is 17.3 Å². The minimum Gasteiger partial charge on any atom is -0.452 e. The van der Waals surface area contributed by atoms with Gasteiger partial charge in [-0.15, -0.1) is 0 Å². The summed E-state index contributed by atoms with van der Waals surface area (Å²) in [6, 6.07) is 10.8. The molecular formula is C15H11N3O7. The monoisotopic (exact) mass is 345 g/mol. The van der Waals surface area contributed by atoms with E-state index in [9.17, 15) is 29.8 Å². The predicted octanol–water partition coefficient (Wildman–Crippen LogP) is 2.30. The van der Waals surface area contributed by atoms with Gasteiger partial charge in [0.15, 0.2) is 6.61 Å². The number of esters is 1. The van der Waals surface area contributed by atoms with Crippen LogP contribution in [-0.2, 0) is 9.53 Å². The maximum atomic E-state index is 11.9. The highest BCUT2D eigenvalue weighted by Gasteiger charge is 2.21. The Morgan fingerprint density at radius 2 is 1.52 bits per heavy atom. The van der Waals surface area contributed by atoms with E-state index in [1.165, 1.54) is 0 Å². The number of ether oxygens (including phenoxy) is 1. The minimum atomic E-state index is -1.09. The Morgan fingerprint density at radius 3 is 2.04 bits per heavy atom. The van der Waals surface area contributed by atoms with Crippen molar-refractivity contribution < 1.29 is 24.2 Å². The molecule has 0 fully saturated rings. The Kier molecular flexibility index (Phi) is 5.36. The highest BCUT2D eigenvalue weighted by molar-refractivity contribution is 5.96. The molecule has 10 heteroatoms. The number of carbonyl (C=O) groups excluding carboxylic acids is 2. The van der Waals surface area contributed by atoms with Gasteiger partial charge < -0.3 is 10.1 Å². The van der Waals surface area contributed by atoms with Crippen molar-refractivity contribution in [3.05, 3.63) is 74.3 Å². The molecule has 1 N–H and O–H groups in total. The molecular weight excluding hydrogens is 334 g/mol. The summed E-state index contributed by atoms with van der Waals surface area (Å²) in [5.41, 5.74) is -1.16. The van der Waals surface area contributed by atoms with Crippen molar-refractivity contribution in [2.24, 2.45) is 0 Å². The zero-order chi connectivity index (χ0) is 18.4. The summed E-state index contributed by atoms with van der Waals surface area (Å²) < 4.78 is 4.74. The largest absolute Gasteiger partial charge is 0.452 e. The second-order valence-electron chi connectivity index (χ2n) is 4.74. The van der Waals surface area contributed by atoms with Gasteiger partial charge in [-0.1, -0.05) is 18.2 Å². The van der Waals surface area contributed by atoms with Gasteiger partial charge in [0.05, 0.1) is 21.5 Å². The molecule has 25 heavy (non-hydrogen) atoms. The van der Waals surface area contributed by atoms with Crippen LogP contribution in [0.4, 0.5) is 17.1 Å². The minimum absolute atomic E-state index is 0.395. The Morgan fingerprint density at radius 1 is 0.960 bits per heavy atom. The summed E-state index contributed by atoms with van der Waals surface area (Å²) in [4.78, 5) is 43.4.